The molecule has 0 fully saturated rings. The number of hydrogen-bond acceptors (Lipinski definition) is 5. The van der Waals surface area contributed by atoms with Crippen LogP contribution in [0.2, 0.25) is 5.02 Å². The molecule has 162 valence electrons. The van der Waals surface area contributed by atoms with E-state index in [-0.39, 0.29) is 16.9 Å². The van der Waals surface area contributed by atoms with Crippen molar-refractivity contribution in [1.29, 1.82) is 0 Å². The van der Waals surface area contributed by atoms with Gasteiger partial charge in [-0.1, -0.05) is 17.7 Å². The second-order valence-corrected chi connectivity index (χ2v) is 9.27. The molecule has 0 spiro atoms. The van der Waals surface area contributed by atoms with E-state index < -0.39 is 21.8 Å². The standard InChI is InChI=1S/C20H24ClN3O5S/c1-14-12-16(21)9-10-18(14)29-11-5-8-19(25)22-23-20(26)15-6-4-7-17(13-15)30(27,28)24(2)3/h4,6-7,9-10,12-13H,5,8,11H2,1-3H3,(H,22,25)(H,23,26). The predicted molar refractivity (Wildman–Crippen MR) is 114 cm³/mol. The molecule has 30 heavy (non-hydrogen) atoms. The summed E-state index contributed by atoms with van der Waals surface area (Å²) in [6.45, 7) is 2.20. The summed E-state index contributed by atoms with van der Waals surface area (Å²) >= 11 is 5.89. The molecule has 0 saturated heterocycles. The molecule has 2 aromatic carbocycles. The first-order valence-corrected chi connectivity index (χ1v) is 10.9. The van der Waals surface area contributed by atoms with Crippen molar-refractivity contribution < 1.29 is 22.7 Å². The minimum atomic E-state index is -3.66. The van der Waals surface area contributed by atoms with E-state index in [1.54, 1.807) is 18.2 Å². The molecule has 0 aromatic heterocycles. The van der Waals surface area contributed by atoms with E-state index in [1.165, 1.54) is 38.4 Å². The minimum Gasteiger partial charge on any atom is -0.493 e. The molecule has 2 aromatic rings. The molecule has 0 aliphatic rings. The number of halogens is 1. The lowest BCUT2D eigenvalue weighted by Crippen LogP contribution is -2.41. The van der Waals surface area contributed by atoms with Gasteiger partial charge >= 0.3 is 0 Å². The Balaban J connectivity index is 1.80. The summed E-state index contributed by atoms with van der Waals surface area (Å²) in [5, 5.41) is 0.625. The third kappa shape index (κ3) is 6.45. The molecule has 0 saturated carbocycles. The summed E-state index contributed by atoms with van der Waals surface area (Å²) in [5.41, 5.74) is 5.60. The normalized spacial score (nSPS) is 11.2. The molecule has 2 rings (SSSR count). The van der Waals surface area contributed by atoms with Crippen LogP contribution in [-0.2, 0) is 14.8 Å². The number of benzene rings is 2. The van der Waals surface area contributed by atoms with Gasteiger partial charge in [-0.05, 0) is 55.3 Å². The Morgan fingerprint density at radius 2 is 1.83 bits per heavy atom. The number of aryl methyl sites for hydroxylation is 1. The second-order valence-electron chi connectivity index (χ2n) is 6.68. The Morgan fingerprint density at radius 3 is 2.50 bits per heavy atom. The number of nitrogens with one attached hydrogen (secondary N) is 2. The zero-order valence-corrected chi connectivity index (χ0v) is 18.5. The van der Waals surface area contributed by atoms with Gasteiger partial charge in [-0.3, -0.25) is 20.4 Å². The van der Waals surface area contributed by atoms with Crippen LogP contribution in [0.3, 0.4) is 0 Å². The average Bonchev–Trinajstić information content (AvgIpc) is 2.70. The summed E-state index contributed by atoms with van der Waals surface area (Å²) in [7, 11) is -0.857. The highest BCUT2D eigenvalue weighted by atomic mass is 35.5. The lowest BCUT2D eigenvalue weighted by Gasteiger charge is -2.12. The number of carbonyl (C=O) groups is 2. The van der Waals surface area contributed by atoms with E-state index in [2.05, 4.69) is 10.9 Å². The van der Waals surface area contributed by atoms with Crippen molar-refractivity contribution in [2.75, 3.05) is 20.7 Å². The fourth-order valence-corrected chi connectivity index (χ4v) is 3.63. The van der Waals surface area contributed by atoms with Crippen molar-refractivity contribution in [3.8, 4) is 5.75 Å². The van der Waals surface area contributed by atoms with Crippen molar-refractivity contribution >= 4 is 33.4 Å². The fourth-order valence-electron chi connectivity index (χ4n) is 2.46. The number of rotatable bonds is 8. The summed E-state index contributed by atoms with van der Waals surface area (Å²) in [6, 6.07) is 10.8. The first kappa shape index (κ1) is 23.7. The van der Waals surface area contributed by atoms with E-state index in [1.807, 2.05) is 6.92 Å². The zero-order valence-electron chi connectivity index (χ0n) is 16.9. The third-order valence-electron chi connectivity index (χ3n) is 4.13. The first-order chi connectivity index (χ1) is 14.1. The summed E-state index contributed by atoms with van der Waals surface area (Å²) in [6.07, 6.45) is 0.586. The number of amides is 2. The van der Waals surface area contributed by atoms with E-state index in [0.29, 0.717) is 23.8 Å². The van der Waals surface area contributed by atoms with E-state index in [9.17, 15) is 18.0 Å². The summed E-state index contributed by atoms with van der Waals surface area (Å²) < 4.78 is 31.0. The highest BCUT2D eigenvalue weighted by Crippen LogP contribution is 2.22. The largest absolute Gasteiger partial charge is 0.493 e. The maximum atomic E-state index is 12.2. The van der Waals surface area contributed by atoms with Crippen LogP contribution in [0.25, 0.3) is 0 Å². The van der Waals surface area contributed by atoms with Crippen LogP contribution in [-0.4, -0.2) is 45.2 Å². The maximum Gasteiger partial charge on any atom is 0.269 e. The number of hydrogen-bond donors (Lipinski definition) is 2. The Labute approximate surface area is 181 Å². The number of sulfonamides is 1. The molecule has 2 N–H and O–H groups in total. The average molecular weight is 454 g/mol. The molecule has 0 unspecified atom stereocenters. The highest BCUT2D eigenvalue weighted by molar-refractivity contribution is 7.89. The van der Waals surface area contributed by atoms with Crippen LogP contribution >= 0.6 is 11.6 Å². The Morgan fingerprint density at radius 1 is 1.10 bits per heavy atom. The van der Waals surface area contributed by atoms with Gasteiger partial charge in [0, 0.05) is 31.1 Å². The van der Waals surface area contributed by atoms with Gasteiger partial charge in [-0.15, -0.1) is 0 Å². The van der Waals surface area contributed by atoms with Crippen molar-refractivity contribution in [3.05, 3.63) is 58.6 Å². The van der Waals surface area contributed by atoms with Crippen molar-refractivity contribution in [2.24, 2.45) is 0 Å². The van der Waals surface area contributed by atoms with Gasteiger partial charge < -0.3 is 4.74 Å². The third-order valence-corrected chi connectivity index (χ3v) is 6.18. The van der Waals surface area contributed by atoms with E-state index in [4.69, 9.17) is 16.3 Å². The van der Waals surface area contributed by atoms with Gasteiger partial charge in [-0.2, -0.15) is 0 Å². The molecule has 0 heterocycles. The van der Waals surface area contributed by atoms with Crippen molar-refractivity contribution in [3.63, 3.8) is 0 Å². The number of hydrazine groups is 1. The van der Waals surface area contributed by atoms with Gasteiger partial charge in [0.2, 0.25) is 15.9 Å². The van der Waals surface area contributed by atoms with Crippen LogP contribution in [0.5, 0.6) is 5.75 Å². The molecule has 0 radical (unpaired) electrons. The first-order valence-electron chi connectivity index (χ1n) is 9.12. The zero-order chi connectivity index (χ0) is 22.3. The van der Waals surface area contributed by atoms with Crippen LogP contribution in [0.1, 0.15) is 28.8 Å². The van der Waals surface area contributed by atoms with Crippen molar-refractivity contribution in [2.45, 2.75) is 24.7 Å². The summed E-state index contributed by atoms with van der Waals surface area (Å²) in [5.74, 6) is -0.315. The van der Waals surface area contributed by atoms with Gasteiger partial charge in [0.05, 0.1) is 11.5 Å². The number of nitrogens with zero attached hydrogens (tertiary/aromatic N) is 1. The van der Waals surface area contributed by atoms with Crippen molar-refractivity contribution in [1.82, 2.24) is 15.2 Å². The molecule has 0 atom stereocenters. The minimum absolute atomic E-state index is 0.0129. The van der Waals surface area contributed by atoms with Gasteiger partial charge in [0.25, 0.3) is 5.91 Å². The van der Waals surface area contributed by atoms with E-state index in [0.717, 1.165) is 9.87 Å². The van der Waals surface area contributed by atoms with Crippen LogP contribution in [0.4, 0.5) is 0 Å². The molecular weight excluding hydrogens is 430 g/mol. The Kier molecular flexibility index (Phi) is 8.22. The lowest BCUT2D eigenvalue weighted by molar-refractivity contribution is -0.122. The highest BCUT2D eigenvalue weighted by Gasteiger charge is 2.18. The van der Waals surface area contributed by atoms with E-state index >= 15 is 0 Å². The molecule has 0 aliphatic heterocycles. The molecule has 2 amide bonds. The Bertz CT molecular complexity index is 1020. The predicted octanol–water partition coefficient (Wildman–Crippen LogP) is 2.52. The van der Waals surface area contributed by atoms with Gasteiger partial charge in [0.1, 0.15) is 5.75 Å². The SMILES string of the molecule is Cc1cc(Cl)ccc1OCCCC(=O)NNC(=O)c1cccc(S(=O)(=O)N(C)C)c1. The molecular formula is C20H24ClN3O5S. The topological polar surface area (TPSA) is 105 Å². The second kappa shape index (κ2) is 10.4. The molecule has 8 nitrogen and oxygen atoms in total. The summed E-state index contributed by atoms with van der Waals surface area (Å²) in [4.78, 5) is 24.1. The van der Waals surface area contributed by atoms with Gasteiger partial charge in [0.15, 0.2) is 0 Å². The molecule has 0 bridgehead atoms. The monoisotopic (exact) mass is 453 g/mol. The quantitative estimate of drug-likeness (QED) is 0.472. The van der Waals surface area contributed by atoms with Gasteiger partial charge in [-0.25, -0.2) is 12.7 Å². The fraction of sp³-hybridized carbons (Fsp3) is 0.300. The Hall–Kier alpha value is -2.62. The lowest BCUT2D eigenvalue weighted by atomic mass is 10.2. The maximum absolute atomic E-state index is 12.2. The van der Waals surface area contributed by atoms with Crippen LogP contribution in [0.15, 0.2) is 47.4 Å². The number of carbonyl (C=O) groups excluding carboxylic acids is 2. The van der Waals surface area contributed by atoms with Crippen LogP contribution < -0.4 is 15.6 Å². The van der Waals surface area contributed by atoms with Crippen LogP contribution in [0, 0.1) is 6.92 Å². The number of ether oxygens (including phenoxy) is 1. The smallest absolute Gasteiger partial charge is 0.269 e. The molecule has 0 aliphatic carbocycles. The molecule has 10 heteroatoms.